The number of rotatable bonds is 5. The van der Waals surface area contributed by atoms with Crippen molar-refractivity contribution < 1.29 is 19.2 Å². The van der Waals surface area contributed by atoms with Gasteiger partial charge < -0.3 is 14.5 Å². The maximum atomic E-state index is 13.8. The number of carbonyl (C=O) groups excluding carboxylic acids is 2. The minimum absolute atomic E-state index is 0.257. The smallest absolute Gasteiger partial charge is 0.257 e. The average molecular weight is 429 g/mol. The molecule has 154 valence electrons. The lowest BCUT2D eigenvalue weighted by Gasteiger charge is -2.42. The number of halogens is 2. The number of Topliss-reactive ketones (excluding diaryl/α,β-unsaturated/α-hetero) is 1. The number of ether oxygens (including phenoxy) is 1. The molecule has 2 saturated heterocycles. The topological polar surface area (TPSA) is 59.1 Å². The monoisotopic (exact) mass is 428 g/mol. The second-order valence-electron chi connectivity index (χ2n) is 7.49. The first-order valence-corrected chi connectivity index (χ1v) is 10.1. The lowest BCUT2D eigenvalue weighted by Crippen LogP contribution is -2.57. The van der Waals surface area contributed by atoms with Crippen molar-refractivity contribution in [2.45, 2.75) is 37.1 Å². The molecule has 2 aliphatic heterocycles. The van der Waals surface area contributed by atoms with Crippen molar-refractivity contribution in [3.63, 3.8) is 0 Å². The molecule has 1 aromatic rings. The molecule has 0 radical (unpaired) electrons. The minimum Gasteiger partial charge on any atom is -0.383 e. The number of hydrogen-bond donors (Lipinski definition) is 0. The summed E-state index contributed by atoms with van der Waals surface area (Å²) in [5, 5.41) is 2.35. The van der Waals surface area contributed by atoms with Crippen molar-refractivity contribution in [1.29, 1.82) is 0 Å². The number of aryl methyl sites for hydroxylation is 2. The van der Waals surface area contributed by atoms with Crippen molar-refractivity contribution in [3.8, 4) is 0 Å². The van der Waals surface area contributed by atoms with Gasteiger partial charge in [-0.2, -0.15) is 5.06 Å². The second-order valence-corrected chi connectivity index (χ2v) is 8.50. The number of carbonyl (C=O) groups is 2. The highest BCUT2D eigenvalue weighted by Gasteiger charge is 2.67. The number of likely N-dealkylation sites (tertiary alicyclic amines) is 1. The lowest BCUT2D eigenvalue weighted by atomic mass is 9.78. The number of alkyl halides is 1. The van der Waals surface area contributed by atoms with E-state index in [4.69, 9.17) is 32.8 Å². The normalized spacial score (nSPS) is 25.1. The van der Waals surface area contributed by atoms with Crippen LogP contribution in [-0.4, -0.2) is 67.7 Å². The highest BCUT2D eigenvalue weighted by atomic mass is 35.5. The van der Waals surface area contributed by atoms with Crippen LogP contribution in [0.25, 0.3) is 0 Å². The number of methoxy groups -OCH3 is 1. The van der Waals surface area contributed by atoms with E-state index in [1.165, 1.54) is 0 Å². The standard InChI is InChI=1S/C20H26Cl2N2O4/c1-13-11-15(21)12-14(2)16(13)20(22)17(25)19(5-7-23(28-4)8-6-19)24(18(20)26)9-10-27-3/h11-12H,5-10H2,1-4H3. The summed E-state index contributed by atoms with van der Waals surface area (Å²) in [6, 6.07) is 3.49. The number of hydroxylamine groups is 2. The van der Waals surface area contributed by atoms with Crippen molar-refractivity contribution in [2.75, 3.05) is 40.5 Å². The average Bonchev–Trinajstić information content (AvgIpc) is 2.80. The fourth-order valence-corrected chi connectivity index (χ4v) is 5.53. The van der Waals surface area contributed by atoms with E-state index in [2.05, 4.69) is 0 Å². The first kappa shape index (κ1) is 21.5. The maximum absolute atomic E-state index is 13.8. The SMILES string of the molecule is COCCN1C(=O)C(Cl)(c2c(C)cc(Cl)cc2C)C(=O)C12CCN(OC)CC2. The predicted octanol–water partition coefficient (Wildman–Crippen LogP) is 2.84. The summed E-state index contributed by atoms with van der Waals surface area (Å²) in [4.78, 5) is 32.6. The number of piperidine rings is 1. The number of nitrogens with zero attached hydrogens (tertiary/aromatic N) is 2. The Morgan fingerprint density at radius 1 is 1.11 bits per heavy atom. The third kappa shape index (κ3) is 3.15. The number of benzene rings is 1. The molecule has 8 heteroatoms. The van der Waals surface area contributed by atoms with Gasteiger partial charge in [-0.1, -0.05) is 23.2 Å². The zero-order valence-electron chi connectivity index (χ0n) is 16.7. The number of hydrogen-bond acceptors (Lipinski definition) is 5. The Labute approximate surface area is 175 Å². The van der Waals surface area contributed by atoms with E-state index in [0.717, 1.165) is 11.1 Å². The van der Waals surface area contributed by atoms with Crippen LogP contribution in [0.5, 0.6) is 0 Å². The highest BCUT2D eigenvalue weighted by Crippen LogP contribution is 2.50. The van der Waals surface area contributed by atoms with Gasteiger partial charge in [0, 0.05) is 31.8 Å². The quantitative estimate of drug-likeness (QED) is 0.532. The molecule has 6 nitrogen and oxygen atoms in total. The largest absolute Gasteiger partial charge is 0.383 e. The van der Waals surface area contributed by atoms with Crippen LogP contribution in [0.1, 0.15) is 29.5 Å². The van der Waals surface area contributed by atoms with E-state index >= 15 is 0 Å². The van der Waals surface area contributed by atoms with E-state index in [9.17, 15) is 9.59 Å². The van der Waals surface area contributed by atoms with Crippen molar-refractivity contribution in [3.05, 3.63) is 33.8 Å². The first-order chi connectivity index (χ1) is 13.2. The molecule has 1 spiro atoms. The summed E-state index contributed by atoms with van der Waals surface area (Å²) in [6.07, 6.45) is 0.935. The Bertz CT molecular complexity index is 769. The molecular weight excluding hydrogens is 403 g/mol. The van der Waals surface area contributed by atoms with Gasteiger partial charge in [0.25, 0.3) is 5.91 Å². The van der Waals surface area contributed by atoms with Crippen LogP contribution in [0, 0.1) is 13.8 Å². The van der Waals surface area contributed by atoms with Gasteiger partial charge in [-0.25, -0.2) is 0 Å². The molecule has 0 N–H and O–H groups in total. The van der Waals surface area contributed by atoms with Crippen molar-refractivity contribution in [2.24, 2.45) is 0 Å². The van der Waals surface area contributed by atoms with Crippen molar-refractivity contribution >= 4 is 34.9 Å². The van der Waals surface area contributed by atoms with Gasteiger partial charge in [-0.05, 0) is 55.5 Å². The second kappa shape index (κ2) is 7.92. The van der Waals surface area contributed by atoms with Crippen LogP contribution < -0.4 is 0 Å². The van der Waals surface area contributed by atoms with Crippen LogP contribution in [0.2, 0.25) is 5.02 Å². The van der Waals surface area contributed by atoms with Crippen LogP contribution in [0.3, 0.4) is 0 Å². The molecule has 2 fully saturated rings. The van der Waals surface area contributed by atoms with Gasteiger partial charge in [0.05, 0.1) is 13.7 Å². The van der Waals surface area contributed by atoms with Gasteiger partial charge in [0.15, 0.2) is 5.78 Å². The summed E-state index contributed by atoms with van der Waals surface area (Å²) in [5.74, 6) is -0.636. The molecule has 0 bridgehead atoms. The molecule has 1 atom stereocenters. The Kier molecular flexibility index (Phi) is 6.09. The maximum Gasteiger partial charge on any atom is 0.257 e. The first-order valence-electron chi connectivity index (χ1n) is 9.33. The molecule has 0 aromatic heterocycles. The number of ketones is 1. The molecule has 1 unspecified atom stereocenters. The molecule has 1 amide bonds. The van der Waals surface area contributed by atoms with E-state index in [0.29, 0.717) is 49.7 Å². The highest BCUT2D eigenvalue weighted by molar-refractivity contribution is 6.49. The van der Waals surface area contributed by atoms with Gasteiger partial charge >= 0.3 is 0 Å². The summed E-state index contributed by atoms with van der Waals surface area (Å²) >= 11 is 13.1. The van der Waals surface area contributed by atoms with E-state index in [1.54, 1.807) is 36.3 Å². The van der Waals surface area contributed by atoms with E-state index < -0.39 is 10.4 Å². The fourth-order valence-electron chi connectivity index (χ4n) is 4.63. The minimum atomic E-state index is -1.75. The van der Waals surface area contributed by atoms with Gasteiger partial charge in [-0.15, -0.1) is 0 Å². The third-order valence-corrected chi connectivity index (χ3v) is 6.70. The third-order valence-electron chi connectivity index (χ3n) is 5.96. The van der Waals surface area contributed by atoms with Gasteiger partial charge in [-0.3, -0.25) is 9.59 Å². The van der Waals surface area contributed by atoms with Crippen LogP contribution in [0.15, 0.2) is 12.1 Å². The lowest BCUT2D eigenvalue weighted by molar-refractivity contribution is -0.167. The molecule has 3 rings (SSSR count). The summed E-state index contributed by atoms with van der Waals surface area (Å²) in [7, 11) is 3.18. The molecule has 0 saturated carbocycles. The zero-order chi connectivity index (χ0) is 20.7. The Hall–Kier alpha value is -1.18. The molecule has 2 heterocycles. The summed E-state index contributed by atoms with van der Waals surface area (Å²) in [6.45, 7) is 5.40. The van der Waals surface area contributed by atoms with Gasteiger partial charge in [0.2, 0.25) is 4.87 Å². The molecular formula is C20H26Cl2N2O4. The van der Waals surface area contributed by atoms with Crippen LogP contribution in [0.4, 0.5) is 0 Å². The molecule has 2 aliphatic rings. The van der Waals surface area contributed by atoms with Gasteiger partial charge in [0.1, 0.15) is 5.54 Å². The van der Waals surface area contributed by atoms with Crippen LogP contribution in [-0.2, 0) is 24.0 Å². The summed E-state index contributed by atoms with van der Waals surface area (Å²) < 4.78 is 5.20. The zero-order valence-corrected chi connectivity index (χ0v) is 18.2. The van der Waals surface area contributed by atoms with E-state index in [1.807, 2.05) is 13.8 Å². The fraction of sp³-hybridized carbons (Fsp3) is 0.600. The number of amides is 1. The summed E-state index contributed by atoms with van der Waals surface area (Å²) in [5.41, 5.74) is 1.06. The predicted molar refractivity (Wildman–Crippen MR) is 108 cm³/mol. The molecule has 1 aromatic carbocycles. The van der Waals surface area contributed by atoms with E-state index in [-0.39, 0.29) is 11.7 Å². The molecule has 28 heavy (non-hydrogen) atoms. The molecule has 0 aliphatic carbocycles. The Morgan fingerprint density at radius 3 is 2.18 bits per heavy atom. The Morgan fingerprint density at radius 2 is 1.68 bits per heavy atom. The Balaban J connectivity index is 2.11. The van der Waals surface area contributed by atoms with Crippen molar-refractivity contribution in [1.82, 2.24) is 9.96 Å². The van der Waals surface area contributed by atoms with Crippen LogP contribution >= 0.6 is 23.2 Å².